The highest BCUT2D eigenvalue weighted by Crippen LogP contribution is 2.50. The number of aryl methyl sites for hydroxylation is 1. The van der Waals surface area contributed by atoms with Crippen molar-refractivity contribution in [2.45, 2.75) is 43.9 Å². The zero-order valence-electron chi connectivity index (χ0n) is 22.5. The summed E-state index contributed by atoms with van der Waals surface area (Å²) in [6.45, 7) is 5.74. The van der Waals surface area contributed by atoms with Crippen LogP contribution in [0.15, 0.2) is 69.5 Å². The Balaban J connectivity index is 1.46. The van der Waals surface area contributed by atoms with Crippen molar-refractivity contribution < 1.29 is 18.4 Å². The summed E-state index contributed by atoms with van der Waals surface area (Å²) < 4.78 is 27.8. The van der Waals surface area contributed by atoms with Crippen LogP contribution in [0.1, 0.15) is 43.7 Å². The minimum Gasteiger partial charge on any atom is -0.384 e. The fourth-order valence-electron chi connectivity index (χ4n) is 5.11. The van der Waals surface area contributed by atoms with Gasteiger partial charge < -0.3 is 11.1 Å². The van der Waals surface area contributed by atoms with E-state index >= 15 is 0 Å². The van der Waals surface area contributed by atoms with Gasteiger partial charge in [0.1, 0.15) is 17.5 Å². The van der Waals surface area contributed by atoms with Gasteiger partial charge in [-0.05, 0) is 54.2 Å². The lowest BCUT2D eigenvalue weighted by molar-refractivity contribution is -0.118. The third kappa shape index (κ3) is 5.73. The first-order valence-electron chi connectivity index (χ1n) is 12.7. The first kappa shape index (κ1) is 28.4. The molecule has 8 nitrogen and oxygen atoms in total. The molecule has 0 bridgehead atoms. The topological polar surface area (TPSA) is 125 Å². The van der Waals surface area contributed by atoms with Crippen LogP contribution in [0.3, 0.4) is 0 Å². The predicted octanol–water partition coefficient (Wildman–Crippen LogP) is 5.80. The smallest absolute Gasteiger partial charge is 0.234 e. The van der Waals surface area contributed by atoms with Gasteiger partial charge in [-0.2, -0.15) is 5.26 Å². The Morgan fingerprint density at radius 1 is 1.20 bits per heavy atom. The zero-order chi connectivity index (χ0) is 29.5. The normalized spacial score (nSPS) is 18.3. The first-order chi connectivity index (χ1) is 19.5. The molecule has 2 heterocycles. The number of rotatable bonds is 6. The third-order valence-corrected chi connectivity index (χ3v) is 9.01. The van der Waals surface area contributed by atoms with Crippen LogP contribution in [0, 0.1) is 35.3 Å². The Bertz CT molecular complexity index is 1660. The van der Waals surface area contributed by atoms with Crippen LogP contribution in [-0.4, -0.2) is 27.6 Å². The maximum absolute atomic E-state index is 13.7. The number of thioether (sulfide) groups is 1. The number of benzene rings is 2. The summed E-state index contributed by atoms with van der Waals surface area (Å²) in [6.07, 6.45) is 0.774. The maximum atomic E-state index is 13.7. The lowest BCUT2D eigenvalue weighted by Gasteiger charge is -2.42. The van der Waals surface area contributed by atoms with Gasteiger partial charge in [-0.3, -0.25) is 14.5 Å². The predicted molar refractivity (Wildman–Crippen MR) is 154 cm³/mol. The number of nitriles is 1. The summed E-state index contributed by atoms with van der Waals surface area (Å²) in [6, 6.07) is 12.1. The van der Waals surface area contributed by atoms with Crippen LogP contribution in [-0.2, 0) is 9.59 Å². The van der Waals surface area contributed by atoms with E-state index in [-0.39, 0.29) is 40.7 Å². The Kier molecular flexibility index (Phi) is 7.68. The summed E-state index contributed by atoms with van der Waals surface area (Å²) in [5.41, 5.74) is 9.19. The van der Waals surface area contributed by atoms with Crippen molar-refractivity contribution in [1.82, 2.24) is 10.2 Å². The van der Waals surface area contributed by atoms with E-state index in [9.17, 15) is 23.6 Å². The van der Waals surface area contributed by atoms with E-state index in [1.54, 1.807) is 30.0 Å². The number of Topliss-reactive ketones (excluding diaryl/α,β-unsaturated/α-hetero) is 1. The monoisotopic (exact) mass is 592 g/mol. The number of nitrogens with one attached hydrogen (secondary N) is 1. The molecule has 1 amide bonds. The van der Waals surface area contributed by atoms with Gasteiger partial charge in [0.05, 0.1) is 23.3 Å². The number of nitrogens with two attached hydrogens (primary N) is 1. The van der Waals surface area contributed by atoms with Crippen LogP contribution >= 0.6 is 23.1 Å². The molecular weight excluding hydrogens is 566 g/mol. The Morgan fingerprint density at radius 2 is 1.90 bits per heavy atom. The molecule has 1 aliphatic heterocycles. The van der Waals surface area contributed by atoms with Crippen LogP contribution in [0.2, 0.25) is 0 Å². The van der Waals surface area contributed by atoms with Crippen LogP contribution in [0.4, 0.5) is 19.6 Å². The third-order valence-electron chi connectivity index (χ3n) is 6.97. The zero-order valence-corrected chi connectivity index (χ0v) is 24.1. The second kappa shape index (κ2) is 11.1. The minimum absolute atomic E-state index is 0.00541. The number of ketones is 1. The molecule has 3 N–H and O–H groups in total. The van der Waals surface area contributed by atoms with Crippen molar-refractivity contribution in [1.29, 1.82) is 5.26 Å². The number of amides is 1. The van der Waals surface area contributed by atoms with E-state index in [0.29, 0.717) is 38.4 Å². The molecule has 3 aromatic rings. The molecule has 1 atom stereocenters. The summed E-state index contributed by atoms with van der Waals surface area (Å²) in [4.78, 5) is 27.7. The molecule has 5 rings (SSSR count). The molecule has 1 aliphatic carbocycles. The Labute approximate surface area is 243 Å². The van der Waals surface area contributed by atoms with Gasteiger partial charge >= 0.3 is 0 Å². The van der Waals surface area contributed by atoms with Gasteiger partial charge in [0, 0.05) is 23.4 Å². The van der Waals surface area contributed by atoms with E-state index in [4.69, 9.17) is 5.73 Å². The lowest BCUT2D eigenvalue weighted by Crippen LogP contribution is -2.42. The molecule has 0 saturated carbocycles. The summed E-state index contributed by atoms with van der Waals surface area (Å²) in [5.74, 6) is -1.92. The lowest BCUT2D eigenvalue weighted by atomic mass is 9.69. The molecule has 2 aromatic carbocycles. The SMILES string of the molecule is Cc1ccc(F)cc1NC(=O)CSc1nnc(N2C(N)=C(C#N)C(c3ccc(F)cc3)C3=C2CC(C)(C)CC3=O)s1. The van der Waals surface area contributed by atoms with Gasteiger partial charge in [-0.15, -0.1) is 10.2 Å². The Hall–Kier alpha value is -4.08. The van der Waals surface area contributed by atoms with Crippen LogP contribution in [0.5, 0.6) is 0 Å². The largest absolute Gasteiger partial charge is 0.384 e. The standard InChI is InChI=1S/C29H26F2N6O2S2/c1-15-4-7-18(31)10-20(15)34-23(39)14-40-28-36-35-27(41-28)37-21-11-29(2,3)12-22(38)25(21)24(19(13-32)26(37)33)16-5-8-17(30)9-6-16/h4-10,24H,11-12,14,33H2,1-3H3,(H,34,39). The van der Waals surface area contributed by atoms with E-state index in [0.717, 1.165) is 17.3 Å². The highest BCUT2D eigenvalue weighted by molar-refractivity contribution is 8.01. The molecular formula is C29H26F2N6O2S2. The molecule has 1 aromatic heterocycles. The first-order valence-corrected chi connectivity index (χ1v) is 14.5. The van der Waals surface area contributed by atoms with Gasteiger partial charge in [0.25, 0.3) is 0 Å². The molecule has 2 aliphatic rings. The van der Waals surface area contributed by atoms with E-state index in [2.05, 4.69) is 21.6 Å². The average molecular weight is 593 g/mol. The Morgan fingerprint density at radius 3 is 2.61 bits per heavy atom. The second-order valence-corrected chi connectivity index (χ2v) is 12.9. The van der Waals surface area contributed by atoms with E-state index in [1.807, 2.05) is 13.8 Å². The van der Waals surface area contributed by atoms with E-state index < -0.39 is 17.6 Å². The quantitative estimate of drug-likeness (QED) is 0.344. The van der Waals surface area contributed by atoms with Crippen molar-refractivity contribution in [3.8, 4) is 6.07 Å². The number of nitrogens with zero attached hydrogens (tertiary/aromatic N) is 4. The fraction of sp³-hybridized carbons (Fsp3) is 0.276. The summed E-state index contributed by atoms with van der Waals surface area (Å²) >= 11 is 2.32. The van der Waals surface area contributed by atoms with Crippen LogP contribution < -0.4 is 16.0 Å². The minimum atomic E-state index is -0.729. The molecule has 0 radical (unpaired) electrons. The van der Waals surface area contributed by atoms with Gasteiger partial charge in [-0.1, -0.05) is 55.1 Å². The van der Waals surface area contributed by atoms with Gasteiger partial charge in [0.15, 0.2) is 10.1 Å². The molecule has 0 spiro atoms. The average Bonchev–Trinajstić information content (AvgIpc) is 3.37. The van der Waals surface area contributed by atoms with E-state index in [1.165, 1.54) is 35.6 Å². The summed E-state index contributed by atoms with van der Waals surface area (Å²) in [5, 5.41) is 21.7. The number of carbonyl (C=O) groups is 2. The fourth-order valence-corrected chi connectivity index (χ4v) is 6.79. The van der Waals surface area contributed by atoms with Crippen molar-refractivity contribution in [2.75, 3.05) is 16.0 Å². The molecule has 0 saturated heterocycles. The van der Waals surface area contributed by atoms with Crippen molar-refractivity contribution in [2.24, 2.45) is 11.1 Å². The molecule has 0 fully saturated rings. The molecule has 210 valence electrons. The number of allylic oxidation sites excluding steroid dienone is 3. The van der Waals surface area contributed by atoms with Crippen LogP contribution in [0.25, 0.3) is 0 Å². The number of halogens is 2. The van der Waals surface area contributed by atoms with Gasteiger partial charge in [-0.25, -0.2) is 8.78 Å². The molecule has 41 heavy (non-hydrogen) atoms. The van der Waals surface area contributed by atoms with Gasteiger partial charge in [0.2, 0.25) is 11.0 Å². The number of hydrogen-bond acceptors (Lipinski definition) is 9. The van der Waals surface area contributed by atoms with Crippen molar-refractivity contribution in [3.63, 3.8) is 0 Å². The number of hydrogen-bond donors (Lipinski definition) is 2. The number of anilines is 2. The highest BCUT2D eigenvalue weighted by Gasteiger charge is 2.45. The number of aromatic nitrogens is 2. The van der Waals surface area contributed by atoms with Crippen molar-refractivity contribution in [3.05, 3.63) is 87.9 Å². The highest BCUT2D eigenvalue weighted by atomic mass is 32.2. The van der Waals surface area contributed by atoms with Crippen molar-refractivity contribution >= 4 is 45.6 Å². The second-order valence-electron chi connectivity index (χ2n) is 10.7. The maximum Gasteiger partial charge on any atom is 0.234 e. The molecule has 12 heteroatoms. The molecule has 1 unspecified atom stereocenters. The number of carbonyl (C=O) groups excluding carboxylic acids is 2. The summed E-state index contributed by atoms with van der Waals surface area (Å²) in [7, 11) is 0.